The van der Waals surface area contributed by atoms with E-state index >= 15 is 4.79 Å². The van der Waals surface area contributed by atoms with Gasteiger partial charge in [0.05, 0.1) is 25.2 Å². The Labute approximate surface area is 589 Å². The maximum absolute atomic E-state index is 15.9. The third-order valence-corrected chi connectivity index (χ3v) is 23.2. The number of hydrogen-bond donors (Lipinski definition) is 11. The van der Waals surface area contributed by atoms with Crippen molar-refractivity contribution in [2.75, 3.05) is 45.7 Å². The van der Waals surface area contributed by atoms with Crippen molar-refractivity contribution in [2.24, 2.45) is 59.2 Å². The predicted molar refractivity (Wildman–Crippen MR) is 394 cm³/mol. The van der Waals surface area contributed by atoms with Crippen LogP contribution in [0, 0.1) is 82.9 Å². The molecule has 6 aromatic carbocycles. The van der Waals surface area contributed by atoms with Crippen LogP contribution < -0.4 is 26.0 Å². The molecule has 16 atom stereocenters. The minimum Gasteiger partial charge on any atom is -0.508 e. The number of aromatic nitrogens is 1. The summed E-state index contributed by atoms with van der Waals surface area (Å²) in [5.74, 6) is 12.7. The van der Waals surface area contributed by atoms with Crippen LogP contribution in [0.25, 0.3) is 10.8 Å². The van der Waals surface area contributed by atoms with E-state index in [-0.39, 0.29) is 108 Å². The maximum Gasteiger partial charge on any atom is 0.173 e. The minimum absolute atomic E-state index is 0.0363. The minimum atomic E-state index is -1.92. The summed E-state index contributed by atoms with van der Waals surface area (Å²) in [5.41, 5.74) is 11.2. The Kier molecular flexibility index (Phi) is 21.7. The lowest BCUT2D eigenvalue weighted by Gasteiger charge is -2.40. The first kappa shape index (κ1) is 69.9. The molecule has 3 heterocycles. The lowest BCUT2D eigenvalue weighted by atomic mass is 9.64. The predicted octanol–water partition coefficient (Wildman–Crippen LogP) is 12.7. The average molecular weight is 1350 g/mol. The Hall–Kier alpha value is -8.60. The van der Waals surface area contributed by atoms with Crippen molar-refractivity contribution < 1.29 is 45.0 Å². The average Bonchev–Trinajstić information content (AvgIpc) is 1.12. The topological polar surface area (TPSA) is 229 Å². The van der Waals surface area contributed by atoms with Gasteiger partial charge >= 0.3 is 0 Å². The van der Waals surface area contributed by atoms with Gasteiger partial charge < -0.3 is 61.6 Å². The first-order valence-electron chi connectivity index (χ1n) is 36.7. The Balaban J connectivity index is 1.05. The summed E-state index contributed by atoms with van der Waals surface area (Å²) in [6, 6.07) is 40.3. The number of aliphatic hydroxyl groups is 3. The zero-order chi connectivity index (χ0) is 69.7. The number of nitrogens with one attached hydrogen (secondary N) is 5. The molecule has 13 bridgehead atoms. The van der Waals surface area contributed by atoms with Gasteiger partial charge in [0, 0.05) is 98.0 Å². The monoisotopic (exact) mass is 1350 g/mol. The van der Waals surface area contributed by atoms with Crippen LogP contribution in [0.5, 0.6) is 23.0 Å². The molecular weight excluding hydrogens is 1250 g/mol. The van der Waals surface area contributed by atoms with Crippen LogP contribution in [0.4, 0.5) is 5.69 Å². The SMILES string of the molecule is CCCC1C(O)Cc2cc(c[nH]2)C(C)CNCC(O)Cc2ccc3cc(Cc4ccccc4)c(cc3c2O)NC2=CC(=CCN2)C2C(CNC)C#CC3CC(CC(C)C3Cc3cccc(O)c3)c3ccccc3C3C#CC4CC2CC1CC4C(=O)C(O)C(=O)CCc1cc(OC)c(O)cc13. The number of β-amino-alcohol motifs (C(OH)–C–C–N with tert-alkyl or cyclic N) is 1. The number of carbonyl (C=O) groups excluding carboxylic acids is 2. The van der Waals surface area contributed by atoms with Crippen molar-refractivity contribution in [3.8, 4) is 46.7 Å². The number of phenols is 3. The van der Waals surface area contributed by atoms with E-state index in [1.165, 1.54) is 7.11 Å². The van der Waals surface area contributed by atoms with Crippen molar-refractivity contribution in [1.82, 2.24) is 20.9 Å². The summed E-state index contributed by atoms with van der Waals surface area (Å²) in [6.07, 6.45) is 9.10. The molecule has 16 unspecified atom stereocenters. The highest BCUT2D eigenvalue weighted by Gasteiger charge is 2.47. The molecule has 0 radical (unpaired) electrons. The zero-order valence-electron chi connectivity index (χ0n) is 58.4. The number of benzene rings is 6. The highest BCUT2D eigenvalue weighted by molar-refractivity contribution is 6.06. The van der Waals surface area contributed by atoms with Crippen LogP contribution in [-0.4, -0.2) is 106 Å². The first-order chi connectivity index (χ1) is 48.5. The standard InChI is InChI=1S/C86H99N5O9/c1-6-13-70-62-37-64-36-56-24-26-72(74-45-80(96)81(100-5)41-57(74)25-27-78(94)86(99)85(98)75(56)40-62)71-19-11-10-18-69(71)61-30-50(2)73(33-53-16-12-17-67(92)32-53)54(34-61)21-23-60(47-87-4)83(64)58-28-29-89-82(42-58)91-77-44-76-55(35-63(77)31-52-14-8-7-9-15-52)20-22-59(84(76)97)39-68(93)49-88-46-51(3)65-38-66(90-48-65)43-79(70)95/h7-12,14-20,22,28,32,35,38,41-42,44-45,48,50-51,54,56,60-62,64,68,70,72-73,75,79,83,86-93,95-97,99H,6,13,25,27,29-31,33-34,36-37,39-40,43,46-47,49H2,1-5H3. The summed E-state index contributed by atoms with van der Waals surface area (Å²) < 4.78 is 5.76. The molecule has 2 fully saturated rings. The van der Waals surface area contributed by atoms with Crippen LogP contribution in [0.3, 0.4) is 0 Å². The van der Waals surface area contributed by atoms with Crippen LogP contribution >= 0.6 is 0 Å². The second-order valence-corrected chi connectivity index (χ2v) is 29.9. The number of rotatable bonds is 9. The quantitative estimate of drug-likeness (QED) is 0.0478. The number of methoxy groups -OCH3 is 1. The fourth-order valence-electron chi connectivity index (χ4n) is 18.2. The van der Waals surface area contributed by atoms with Crippen molar-refractivity contribution >= 4 is 28.0 Å². The van der Waals surface area contributed by atoms with E-state index in [0.717, 1.165) is 98.4 Å². The van der Waals surface area contributed by atoms with Crippen molar-refractivity contribution in [3.05, 3.63) is 207 Å². The normalized spacial score (nSPS) is 28.8. The molecular formula is C86H99N5O9. The molecule has 14 heteroatoms. The second-order valence-electron chi connectivity index (χ2n) is 29.9. The van der Waals surface area contributed by atoms with Crippen molar-refractivity contribution in [1.29, 1.82) is 0 Å². The number of anilines is 1. The van der Waals surface area contributed by atoms with Crippen LogP contribution in [0.1, 0.15) is 146 Å². The molecule has 0 saturated heterocycles. The second kappa shape index (κ2) is 31.1. The number of allylic oxidation sites excluding steroid dienone is 2. The maximum atomic E-state index is 15.9. The molecule has 100 heavy (non-hydrogen) atoms. The van der Waals surface area contributed by atoms with Gasteiger partial charge in [-0.05, 0) is 216 Å². The molecule has 1 aromatic heterocycles. The Morgan fingerprint density at radius 3 is 2.32 bits per heavy atom. The molecule has 0 spiro atoms. The number of ketones is 2. The van der Waals surface area contributed by atoms with Gasteiger partial charge in [-0.2, -0.15) is 0 Å². The molecule has 4 aliphatic carbocycles. The Morgan fingerprint density at radius 2 is 1.52 bits per heavy atom. The number of aliphatic hydroxyl groups excluding tert-OH is 3. The number of Topliss-reactive ketones (excluding diaryl/α,β-unsaturated/α-hetero) is 2. The number of aromatic amines is 1. The Morgan fingerprint density at radius 1 is 0.720 bits per heavy atom. The van der Waals surface area contributed by atoms with Gasteiger partial charge in [-0.3, -0.25) is 9.59 Å². The van der Waals surface area contributed by atoms with E-state index < -0.39 is 47.6 Å². The molecule has 0 amide bonds. The number of hydrogen-bond acceptors (Lipinski definition) is 13. The van der Waals surface area contributed by atoms with Crippen LogP contribution in [0.2, 0.25) is 0 Å². The molecule has 6 aliphatic rings. The molecule has 14 nitrogen and oxygen atoms in total. The number of aromatic hydroxyl groups is 3. The van der Waals surface area contributed by atoms with E-state index in [9.17, 15) is 35.4 Å². The fourth-order valence-corrected chi connectivity index (χ4v) is 18.2. The van der Waals surface area contributed by atoms with Crippen molar-refractivity contribution in [2.45, 2.75) is 140 Å². The zero-order valence-corrected chi connectivity index (χ0v) is 58.4. The van der Waals surface area contributed by atoms with Gasteiger partial charge in [-0.15, -0.1) is 0 Å². The number of dihydropyridines is 1. The summed E-state index contributed by atoms with van der Waals surface area (Å²) in [7, 11) is 3.49. The van der Waals surface area contributed by atoms with E-state index in [0.29, 0.717) is 69.2 Å². The highest BCUT2D eigenvalue weighted by atomic mass is 16.5. The van der Waals surface area contributed by atoms with Gasteiger partial charge in [0.2, 0.25) is 0 Å². The van der Waals surface area contributed by atoms with Gasteiger partial charge in [0.15, 0.2) is 29.2 Å². The van der Waals surface area contributed by atoms with Crippen LogP contribution in [0.15, 0.2) is 151 Å². The molecule has 11 N–H and O–H groups in total. The van der Waals surface area contributed by atoms with E-state index in [4.69, 9.17) is 4.74 Å². The molecule has 7 aromatic rings. The summed E-state index contributed by atoms with van der Waals surface area (Å²) in [5, 5.41) is 88.5. The number of aryl methyl sites for hydroxylation is 1. The number of carbonyl (C=O) groups is 2. The van der Waals surface area contributed by atoms with Crippen molar-refractivity contribution in [3.63, 3.8) is 0 Å². The number of fused-ring (bicyclic) bond motifs is 15. The van der Waals surface area contributed by atoms with Gasteiger partial charge in [-0.1, -0.05) is 136 Å². The number of phenolic OH excluding ortho intramolecular Hbond substituents is 3. The Bertz CT molecular complexity index is 4300. The molecule has 522 valence electrons. The molecule has 2 saturated carbocycles. The molecule has 13 rings (SSSR count). The number of ether oxygens (including phenoxy) is 1. The van der Waals surface area contributed by atoms with Gasteiger partial charge in [-0.25, -0.2) is 0 Å². The summed E-state index contributed by atoms with van der Waals surface area (Å²) >= 11 is 0. The smallest absolute Gasteiger partial charge is 0.173 e. The lowest BCUT2D eigenvalue weighted by Crippen LogP contribution is -2.40. The van der Waals surface area contributed by atoms with E-state index in [1.54, 1.807) is 18.2 Å². The first-order valence-corrected chi connectivity index (χ1v) is 36.7. The van der Waals surface area contributed by atoms with E-state index in [2.05, 4.69) is 137 Å². The third kappa shape index (κ3) is 15.3. The summed E-state index contributed by atoms with van der Waals surface area (Å²) in [4.78, 5) is 34.3. The number of H-pyrrole nitrogens is 1. The van der Waals surface area contributed by atoms with Gasteiger partial charge in [0.1, 0.15) is 17.3 Å². The molecule has 2 aliphatic heterocycles. The lowest BCUT2D eigenvalue weighted by molar-refractivity contribution is -0.142. The third-order valence-electron chi connectivity index (χ3n) is 23.2. The summed E-state index contributed by atoms with van der Waals surface area (Å²) in [6.45, 7) is 8.48. The highest BCUT2D eigenvalue weighted by Crippen LogP contribution is 2.52. The van der Waals surface area contributed by atoms with E-state index in [1.807, 2.05) is 61.8 Å². The fraction of sp³-hybridized carbons (Fsp3) is 0.442. The largest absolute Gasteiger partial charge is 0.508 e. The van der Waals surface area contributed by atoms with Gasteiger partial charge in [0.25, 0.3) is 0 Å². The van der Waals surface area contributed by atoms with Crippen LogP contribution in [-0.2, 0) is 41.7 Å².